The highest BCUT2D eigenvalue weighted by Gasteiger charge is 2.33. The molecule has 1 aromatic carbocycles. The second-order valence-corrected chi connectivity index (χ2v) is 10.5. The molecule has 0 saturated carbocycles. The van der Waals surface area contributed by atoms with Crippen LogP contribution >= 0.6 is 17.0 Å². The Bertz CT molecular complexity index is 535. The maximum Gasteiger partial charge on any atom is 0.0476 e. The van der Waals surface area contributed by atoms with Gasteiger partial charge < -0.3 is 5.11 Å². The monoisotopic (exact) mass is 539 g/mol. The van der Waals surface area contributed by atoms with E-state index in [4.69, 9.17) is 0 Å². The number of aliphatic hydroxyl groups excluding tert-OH is 1. The van der Waals surface area contributed by atoms with Crippen LogP contribution in [0.25, 0.3) is 0 Å². The predicted molar refractivity (Wildman–Crippen MR) is 157 cm³/mol. The summed E-state index contributed by atoms with van der Waals surface area (Å²) in [6, 6.07) is 10.8. The molecule has 0 aliphatic rings. The lowest BCUT2D eigenvalue weighted by atomic mass is 9.81. The molecule has 0 heterocycles. The minimum absolute atomic E-state index is 0. The molecule has 3 heteroatoms. The first kappa shape index (κ1) is 33.6. The third-order valence-electron chi connectivity index (χ3n) is 7.64. The van der Waals surface area contributed by atoms with Crippen molar-refractivity contribution < 1.29 is 5.11 Å². The number of hydrogen-bond acceptors (Lipinski definition) is 2. The summed E-state index contributed by atoms with van der Waals surface area (Å²) in [7, 11) is 4.33. The van der Waals surface area contributed by atoms with Crippen LogP contribution in [0.15, 0.2) is 30.3 Å². The predicted octanol–water partition coefficient (Wildman–Crippen LogP) is 9.84. The fraction of sp³-hybridized carbons (Fsp3) is 0.806. The molecule has 1 aromatic rings. The molecule has 0 aliphatic carbocycles. The van der Waals surface area contributed by atoms with Crippen molar-refractivity contribution in [2.24, 2.45) is 0 Å². The van der Waals surface area contributed by atoms with Crippen molar-refractivity contribution >= 4 is 17.0 Å². The van der Waals surface area contributed by atoms with Gasteiger partial charge in [-0.15, -0.1) is 17.0 Å². The largest absolute Gasteiger partial charge is 0.396 e. The van der Waals surface area contributed by atoms with Crippen LogP contribution in [-0.2, 0) is 5.54 Å². The molecule has 1 rings (SSSR count). The van der Waals surface area contributed by atoms with Crippen molar-refractivity contribution in [1.82, 2.24) is 4.90 Å². The minimum Gasteiger partial charge on any atom is -0.396 e. The zero-order valence-electron chi connectivity index (χ0n) is 23.0. The lowest BCUT2D eigenvalue weighted by molar-refractivity contribution is 0.0934. The Morgan fingerprint density at radius 3 is 1.32 bits per heavy atom. The lowest BCUT2D eigenvalue weighted by Gasteiger charge is -2.40. The van der Waals surface area contributed by atoms with Gasteiger partial charge >= 0.3 is 0 Å². The highest BCUT2D eigenvalue weighted by Crippen LogP contribution is 2.35. The van der Waals surface area contributed by atoms with Gasteiger partial charge in [-0.2, -0.15) is 0 Å². The maximum absolute atomic E-state index is 9.74. The van der Waals surface area contributed by atoms with Gasteiger partial charge in [0.15, 0.2) is 0 Å². The summed E-state index contributed by atoms with van der Waals surface area (Å²) < 4.78 is 0. The van der Waals surface area contributed by atoms with E-state index in [1.54, 1.807) is 0 Å². The summed E-state index contributed by atoms with van der Waals surface area (Å²) in [5.41, 5.74) is 1.31. The van der Waals surface area contributed by atoms with Gasteiger partial charge in [-0.25, -0.2) is 0 Å². The van der Waals surface area contributed by atoms with Crippen LogP contribution in [0, 0.1) is 0 Å². The summed E-state index contributed by atoms with van der Waals surface area (Å²) in [4.78, 5) is 2.33. The van der Waals surface area contributed by atoms with Crippen LogP contribution in [0.3, 0.4) is 0 Å². The third kappa shape index (κ3) is 14.9. The molecule has 34 heavy (non-hydrogen) atoms. The van der Waals surface area contributed by atoms with E-state index in [1.807, 2.05) is 0 Å². The molecular formula is C31H58BrNO. The summed E-state index contributed by atoms with van der Waals surface area (Å²) in [5, 5.41) is 9.74. The molecule has 0 radical (unpaired) electrons. The zero-order chi connectivity index (χ0) is 24.0. The van der Waals surface area contributed by atoms with Crippen LogP contribution in [0.1, 0.15) is 141 Å². The Hall–Kier alpha value is -0.380. The van der Waals surface area contributed by atoms with Crippen LogP contribution in [0.2, 0.25) is 0 Å². The second kappa shape index (κ2) is 23.0. The number of nitrogens with zero attached hydrogens (tertiary/aromatic N) is 1. The van der Waals surface area contributed by atoms with E-state index in [2.05, 4.69) is 56.3 Å². The van der Waals surface area contributed by atoms with E-state index in [1.165, 1.54) is 121 Å². The van der Waals surface area contributed by atoms with Crippen molar-refractivity contribution in [2.75, 3.05) is 20.7 Å². The van der Waals surface area contributed by atoms with E-state index in [9.17, 15) is 5.11 Å². The summed E-state index contributed by atoms with van der Waals surface area (Å²) >= 11 is 0. The molecule has 0 bridgehead atoms. The van der Waals surface area contributed by atoms with Crippen LogP contribution < -0.4 is 0 Å². The third-order valence-corrected chi connectivity index (χ3v) is 7.64. The van der Waals surface area contributed by atoms with Gasteiger partial charge in [-0.3, -0.25) is 4.90 Å². The molecule has 0 fully saturated rings. The van der Waals surface area contributed by atoms with Crippen molar-refractivity contribution in [2.45, 2.75) is 141 Å². The second-order valence-electron chi connectivity index (χ2n) is 10.5. The first-order valence-electron chi connectivity index (χ1n) is 14.5. The highest BCUT2D eigenvalue weighted by molar-refractivity contribution is 8.93. The Morgan fingerprint density at radius 1 is 0.588 bits per heavy atom. The number of rotatable bonds is 23. The van der Waals surface area contributed by atoms with E-state index in [0.29, 0.717) is 0 Å². The van der Waals surface area contributed by atoms with Gasteiger partial charge in [0.25, 0.3) is 0 Å². The average Bonchev–Trinajstić information content (AvgIpc) is 2.83. The molecule has 1 N–H and O–H groups in total. The Balaban J connectivity index is 0.0000109. The molecular weight excluding hydrogens is 482 g/mol. The quantitative estimate of drug-likeness (QED) is 0.140. The van der Waals surface area contributed by atoms with Gasteiger partial charge in [0.05, 0.1) is 0 Å². The van der Waals surface area contributed by atoms with Gasteiger partial charge in [-0.1, -0.05) is 153 Å². The number of aliphatic hydroxyl groups is 1. The first-order chi connectivity index (χ1) is 16.2. The SMILES string of the molecule is Br.CCCCCCCCCCCCCCCCCCCCC(CCO)(c1ccccc1)N(C)C. The molecule has 0 amide bonds. The van der Waals surface area contributed by atoms with Gasteiger partial charge in [0.2, 0.25) is 0 Å². The number of benzene rings is 1. The van der Waals surface area contributed by atoms with E-state index >= 15 is 0 Å². The summed E-state index contributed by atoms with van der Waals surface area (Å²) in [6.07, 6.45) is 27.4. The Kier molecular flexibility index (Phi) is 22.8. The fourth-order valence-electron chi connectivity index (χ4n) is 5.37. The summed E-state index contributed by atoms with van der Waals surface area (Å²) in [6.45, 7) is 2.54. The van der Waals surface area contributed by atoms with Crippen molar-refractivity contribution in [3.8, 4) is 0 Å². The minimum atomic E-state index is -0.0366. The van der Waals surface area contributed by atoms with Crippen LogP contribution in [0.5, 0.6) is 0 Å². The number of hydrogen-bond donors (Lipinski definition) is 1. The number of unbranched alkanes of at least 4 members (excludes halogenated alkanes) is 17. The molecule has 200 valence electrons. The Morgan fingerprint density at radius 2 is 0.971 bits per heavy atom. The molecule has 0 saturated heterocycles. The number of halogens is 1. The summed E-state index contributed by atoms with van der Waals surface area (Å²) in [5.74, 6) is 0. The molecule has 0 aromatic heterocycles. The lowest BCUT2D eigenvalue weighted by Crippen LogP contribution is -2.42. The normalized spacial score (nSPS) is 13.1. The van der Waals surface area contributed by atoms with Crippen LogP contribution in [-0.4, -0.2) is 30.7 Å². The topological polar surface area (TPSA) is 23.5 Å². The highest BCUT2D eigenvalue weighted by atomic mass is 79.9. The van der Waals surface area contributed by atoms with Crippen molar-refractivity contribution in [3.63, 3.8) is 0 Å². The van der Waals surface area contributed by atoms with E-state index in [0.717, 1.165) is 12.8 Å². The molecule has 1 atom stereocenters. The van der Waals surface area contributed by atoms with Gasteiger partial charge in [0, 0.05) is 12.1 Å². The molecule has 0 spiro atoms. The Labute approximate surface area is 224 Å². The van der Waals surface area contributed by atoms with Crippen molar-refractivity contribution in [3.05, 3.63) is 35.9 Å². The smallest absolute Gasteiger partial charge is 0.0476 e. The van der Waals surface area contributed by atoms with Gasteiger partial charge in [-0.05, 0) is 32.5 Å². The maximum atomic E-state index is 9.74. The van der Waals surface area contributed by atoms with Gasteiger partial charge in [0.1, 0.15) is 0 Å². The average molecular weight is 541 g/mol. The molecule has 2 nitrogen and oxygen atoms in total. The molecule has 1 unspecified atom stereocenters. The van der Waals surface area contributed by atoms with Crippen molar-refractivity contribution in [1.29, 1.82) is 0 Å². The van der Waals surface area contributed by atoms with E-state index in [-0.39, 0.29) is 29.1 Å². The first-order valence-corrected chi connectivity index (χ1v) is 14.5. The van der Waals surface area contributed by atoms with E-state index < -0.39 is 0 Å². The fourth-order valence-corrected chi connectivity index (χ4v) is 5.37. The zero-order valence-corrected chi connectivity index (χ0v) is 24.8. The molecule has 0 aliphatic heterocycles. The van der Waals surface area contributed by atoms with Crippen LogP contribution in [0.4, 0.5) is 0 Å². The standard InChI is InChI=1S/C31H57NO.BrH/c1-4-5-6-7-8-9-10-11-12-13-14-15-16-17-18-19-20-24-27-31(28-29-33,32(2)3)30-25-22-21-23-26-30;/h21-23,25-26,33H,4-20,24,27-29H2,1-3H3;1H.